The van der Waals surface area contributed by atoms with Crippen LogP contribution in [0.4, 0.5) is 37.7 Å². The Morgan fingerprint density at radius 2 is 1.59 bits per heavy atom. The van der Waals surface area contributed by atoms with E-state index in [1.54, 1.807) is 17.4 Å². The van der Waals surface area contributed by atoms with Gasteiger partial charge in [0, 0.05) is 35.3 Å². The largest absolute Gasteiger partial charge is 0.573 e. The smallest absolute Gasteiger partial charge is 0.406 e. The maximum Gasteiger partial charge on any atom is 0.573 e. The summed E-state index contributed by atoms with van der Waals surface area (Å²) >= 11 is 5.28. The van der Waals surface area contributed by atoms with E-state index in [1.165, 1.54) is 42.7 Å². The molecule has 3 aromatic rings. The molecule has 0 heterocycles. The number of quaternary nitrogens is 1. The molecule has 204 valence electrons. The molecular formula is C26H22F6N5OS+. The van der Waals surface area contributed by atoms with Crippen molar-refractivity contribution in [2.24, 2.45) is 4.99 Å². The van der Waals surface area contributed by atoms with Gasteiger partial charge in [0.2, 0.25) is 0 Å². The maximum absolute atomic E-state index is 12.7. The van der Waals surface area contributed by atoms with Crippen molar-refractivity contribution in [1.29, 1.82) is 5.41 Å². The normalized spacial score (nSPS) is 17.1. The maximum atomic E-state index is 12.7. The van der Waals surface area contributed by atoms with Gasteiger partial charge in [-0.15, -0.1) is 13.2 Å². The molecule has 13 heteroatoms. The van der Waals surface area contributed by atoms with Crippen LogP contribution in [0.15, 0.2) is 77.8 Å². The first-order valence-corrected chi connectivity index (χ1v) is 11.9. The van der Waals surface area contributed by atoms with Crippen LogP contribution in [0.1, 0.15) is 29.0 Å². The van der Waals surface area contributed by atoms with Crippen molar-refractivity contribution in [3.05, 3.63) is 89.5 Å². The molecule has 2 unspecified atom stereocenters. The first kappa shape index (κ1) is 28.0. The van der Waals surface area contributed by atoms with Crippen LogP contribution < -0.4 is 20.7 Å². The quantitative estimate of drug-likeness (QED) is 0.0973. The van der Waals surface area contributed by atoms with E-state index in [9.17, 15) is 26.3 Å². The predicted octanol–water partition coefficient (Wildman–Crippen LogP) is 5.70. The summed E-state index contributed by atoms with van der Waals surface area (Å²) in [5, 5.41) is 16.1. The van der Waals surface area contributed by atoms with E-state index in [0.29, 0.717) is 22.1 Å². The average molecular weight is 567 g/mol. The lowest BCUT2D eigenvalue weighted by atomic mass is 10.1. The number of nitrogens with one attached hydrogen (secondary N) is 3. The van der Waals surface area contributed by atoms with Crippen LogP contribution in [-0.2, 0) is 6.18 Å². The third kappa shape index (κ3) is 8.26. The lowest BCUT2D eigenvalue weighted by Crippen LogP contribution is -2.76. The fourth-order valence-corrected chi connectivity index (χ4v) is 4.01. The van der Waals surface area contributed by atoms with E-state index in [0.717, 1.165) is 24.1 Å². The first-order chi connectivity index (χ1) is 18.4. The number of amidine groups is 1. The van der Waals surface area contributed by atoms with Crippen LogP contribution in [0.2, 0.25) is 0 Å². The molecule has 39 heavy (non-hydrogen) atoms. The number of benzene rings is 3. The second-order valence-corrected chi connectivity index (χ2v) is 9.06. The third-order valence-electron chi connectivity index (χ3n) is 5.77. The van der Waals surface area contributed by atoms with E-state index in [1.807, 2.05) is 12.1 Å². The first-order valence-electron chi connectivity index (χ1n) is 11.5. The number of halogens is 6. The number of rotatable bonds is 7. The van der Waals surface area contributed by atoms with Crippen molar-refractivity contribution >= 4 is 40.9 Å². The van der Waals surface area contributed by atoms with E-state index in [4.69, 9.17) is 17.6 Å². The van der Waals surface area contributed by atoms with Crippen molar-refractivity contribution in [3.8, 4) is 5.75 Å². The minimum absolute atomic E-state index is 0.0159. The van der Waals surface area contributed by atoms with Crippen molar-refractivity contribution in [1.82, 2.24) is 5.32 Å². The van der Waals surface area contributed by atoms with Crippen molar-refractivity contribution < 1.29 is 36.4 Å². The minimum Gasteiger partial charge on any atom is -0.406 e. The highest BCUT2D eigenvalue weighted by molar-refractivity contribution is 7.80. The molecule has 4 rings (SSSR count). The summed E-state index contributed by atoms with van der Waals surface area (Å²) in [6, 6.07) is 17.3. The van der Waals surface area contributed by atoms with Gasteiger partial charge in [-0.05, 0) is 60.6 Å². The zero-order valence-corrected chi connectivity index (χ0v) is 20.8. The van der Waals surface area contributed by atoms with E-state index < -0.39 is 18.1 Å². The number of nitrogens with two attached hydrogens (primary N) is 1. The predicted molar refractivity (Wildman–Crippen MR) is 138 cm³/mol. The fraction of sp³-hybridized carbons (Fsp3) is 0.192. The summed E-state index contributed by atoms with van der Waals surface area (Å²) in [4.78, 5) is 4.07. The van der Waals surface area contributed by atoms with E-state index in [2.05, 4.69) is 20.4 Å². The highest BCUT2D eigenvalue weighted by atomic mass is 32.1. The zero-order chi connectivity index (χ0) is 28.2. The summed E-state index contributed by atoms with van der Waals surface area (Å²) in [6.45, 7) is 0. The highest BCUT2D eigenvalue weighted by Gasteiger charge is 2.39. The number of nitrogens with zero attached hydrogens (tertiary/aromatic N) is 1. The number of aliphatic imine (C=N–C) groups is 1. The van der Waals surface area contributed by atoms with Gasteiger partial charge in [-0.3, -0.25) is 10.7 Å². The fourth-order valence-electron chi connectivity index (χ4n) is 3.74. The Morgan fingerprint density at radius 3 is 2.18 bits per heavy atom. The Balaban J connectivity index is 1.23. The van der Waals surface area contributed by atoms with Gasteiger partial charge in [0.15, 0.2) is 17.3 Å². The Morgan fingerprint density at radius 1 is 0.949 bits per heavy atom. The minimum atomic E-state index is -4.75. The number of anilines is 1. The summed E-state index contributed by atoms with van der Waals surface area (Å²) in [5.41, 5.74) is 1.93. The molecule has 0 radical (unpaired) electrons. The molecule has 0 spiro atoms. The van der Waals surface area contributed by atoms with Crippen LogP contribution in [0.25, 0.3) is 0 Å². The van der Waals surface area contributed by atoms with Gasteiger partial charge in [-0.1, -0.05) is 24.3 Å². The summed E-state index contributed by atoms with van der Waals surface area (Å²) in [7, 11) is 0. The Labute approximate surface area is 224 Å². The van der Waals surface area contributed by atoms with Crippen LogP contribution >= 0.6 is 12.2 Å². The van der Waals surface area contributed by atoms with Gasteiger partial charge >= 0.3 is 12.5 Å². The van der Waals surface area contributed by atoms with Gasteiger partial charge in [0.1, 0.15) is 11.4 Å². The van der Waals surface area contributed by atoms with E-state index >= 15 is 0 Å². The molecule has 1 fully saturated rings. The van der Waals surface area contributed by atoms with Crippen LogP contribution in [0, 0.1) is 5.41 Å². The number of hydrogen-bond acceptors (Lipinski definition) is 3. The topological polar surface area (TPSA) is 86.1 Å². The highest BCUT2D eigenvalue weighted by Crippen LogP contribution is 2.41. The molecule has 1 aliphatic carbocycles. The molecule has 1 aliphatic rings. The van der Waals surface area contributed by atoms with Crippen LogP contribution in [0.3, 0.4) is 0 Å². The molecule has 0 amide bonds. The number of ether oxygens (including phenoxy) is 1. The average Bonchev–Trinajstić information content (AvgIpc) is 3.63. The van der Waals surface area contributed by atoms with Crippen molar-refractivity contribution in [2.45, 2.75) is 30.9 Å². The van der Waals surface area contributed by atoms with Gasteiger partial charge in [-0.2, -0.15) is 18.2 Å². The van der Waals surface area contributed by atoms with Crippen LogP contribution in [0.5, 0.6) is 5.75 Å². The Hall–Kier alpha value is -3.97. The number of hydrogen-bond donors (Lipinski definition) is 4. The van der Waals surface area contributed by atoms with Gasteiger partial charge in [0.05, 0.1) is 5.56 Å². The van der Waals surface area contributed by atoms with Crippen LogP contribution in [-0.4, -0.2) is 29.7 Å². The zero-order valence-electron chi connectivity index (χ0n) is 20.0. The summed E-state index contributed by atoms with van der Waals surface area (Å²) in [6.07, 6.45) is -6.94. The molecule has 0 aliphatic heterocycles. The standard InChI is InChI=1S/C26H21F6N5OS/c27-25(28,29)17-5-7-19(8-6-17)36-24(39)37-22-13-21(22)15-1-3-16(4-2-15)23(33)35-14-34-18-9-11-20(12-10-18)38-26(30,31)32/h1-12,14,21-22H,13H2,(H2,33,34,35)(H2,36,37,39)/p+1. The lowest BCUT2D eigenvalue weighted by Gasteiger charge is -2.12. The summed E-state index contributed by atoms with van der Waals surface area (Å²) in [5.74, 6) is -0.112. The molecule has 5 N–H and O–H groups in total. The molecule has 0 bridgehead atoms. The molecular weight excluding hydrogens is 544 g/mol. The van der Waals surface area contributed by atoms with Gasteiger partial charge in [-0.25, -0.2) is 0 Å². The SMILES string of the molecule is N=C(N=C[NH2+]c1ccc(OC(F)(F)F)cc1)c1ccc(C2CC2NC(=S)Nc2ccc(C(F)(F)F)cc2)cc1. The van der Waals surface area contributed by atoms with Crippen molar-refractivity contribution in [2.75, 3.05) is 5.32 Å². The van der Waals surface area contributed by atoms with Crippen molar-refractivity contribution in [3.63, 3.8) is 0 Å². The van der Waals surface area contributed by atoms with Gasteiger partial charge < -0.3 is 15.4 Å². The Bertz CT molecular complexity index is 1340. The lowest BCUT2D eigenvalue weighted by molar-refractivity contribution is -0.432. The molecule has 0 aromatic heterocycles. The summed E-state index contributed by atoms with van der Waals surface area (Å²) < 4.78 is 78.6. The number of alkyl halides is 6. The third-order valence-corrected chi connectivity index (χ3v) is 5.99. The molecule has 3 aromatic carbocycles. The molecule has 2 atom stereocenters. The monoisotopic (exact) mass is 566 g/mol. The second kappa shape index (κ2) is 11.4. The van der Waals surface area contributed by atoms with E-state index in [-0.39, 0.29) is 23.5 Å². The molecule has 6 nitrogen and oxygen atoms in total. The Kier molecular flexibility index (Phi) is 8.21. The molecule has 0 saturated heterocycles. The van der Waals surface area contributed by atoms with Gasteiger partial charge in [0.25, 0.3) is 0 Å². The molecule has 1 saturated carbocycles. The second-order valence-electron chi connectivity index (χ2n) is 8.65. The number of thiocarbonyl (C=S) groups is 1.